The first-order valence-electron chi connectivity index (χ1n) is 6.55. The predicted octanol–water partition coefficient (Wildman–Crippen LogP) is -0.266. The SMILES string of the molecule is COC(=O)C(=O)C(C(=O)OC)C(=O)C(=O)Nc1cccc(OC)c1. The fourth-order valence-corrected chi connectivity index (χ4v) is 1.69. The monoisotopic (exact) mass is 337 g/mol. The van der Waals surface area contributed by atoms with Crippen molar-refractivity contribution in [1.29, 1.82) is 0 Å². The summed E-state index contributed by atoms with van der Waals surface area (Å²) in [6, 6.07) is 6.04. The smallest absolute Gasteiger partial charge is 0.375 e. The minimum atomic E-state index is -2.23. The van der Waals surface area contributed by atoms with Crippen molar-refractivity contribution in [3.8, 4) is 5.75 Å². The highest BCUT2D eigenvalue weighted by atomic mass is 16.5. The zero-order valence-corrected chi connectivity index (χ0v) is 13.2. The maximum absolute atomic E-state index is 12.1. The number of methoxy groups -OCH3 is 3. The summed E-state index contributed by atoms with van der Waals surface area (Å²) in [5, 5.41) is 2.21. The summed E-state index contributed by atoms with van der Waals surface area (Å²) in [6.45, 7) is 0. The van der Waals surface area contributed by atoms with Crippen molar-refractivity contribution in [3.63, 3.8) is 0 Å². The number of hydrogen-bond acceptors (Lipinski definition) is 8. The van der Waals surface area contributed by atoms with E-state index in [1.807, 2.05) is 0 Å². The van der Waals surface area contributed by atoms with Crippen LogP contribution in [0.15, 0.2) is 24.3 Å². The van der Waals surface area contributed by atoms with E-state index < -0.39 is 35.3 Å². The van der Waals surface area contributed by atoms with Crippen LogP contribution in [-0.4, -0.2) is 50.7 Å². The summed E-state index contributed by atoms with van der Waals surface area (Å²) in [5.41, 5.74) is 0.196. The average Bonchev–Trinajstić information content (AvgIpc) is 2.60. The van der Waals surface area contributed by atoms with Gasteiger partial charge in [0.15, 0.2) is 5.92 Å². The molecule has 1 N–H and O–H groups in total. The van der Waals surface area contributed by atoms with Gasteiger partial charge in [0, 0.05) is 11.8 Å². The van der Waals surface area contributed by atoms with Crippen molar-refractivity contribution in [3.05, 3.63) is 24.3 Å². The van der Waals surface area contributed by atoms with Crippen LogP contribution in [0.1, 0.15) is 0 Å². The van der Waals surface area contributed by atoms with Gasteiger partial charge in [0.2, 0.25) is 5.78 Å². The average molecular weight is 337 g/mol. The van der Waals surface area contributed by atoms with E-state index in [1.54, 1.807) is 12.1 Å². The maximum Gasteiger partial charge on any atom is 0.375 e. The zero-order valence-electron chi connectivity index (χ0n) is 13.2. The van der Waals surface area contributed by atoms with Gasteiger partial charge in [-0.2, -0.15) is 0 Å². The highest BCUT2D eigenvalue weighted by Crippen LogP contribution is 2.17. The summed E-state index contributed by atoms with van der Waals surface area (Å²) in [6.07, 6.45) is 0. The second-order valence-electron chi connectivity index (χ2n) is 4.36. The molecule has 1 unspecified atom stereocenters. The van der Waals surface area contributed by atoms with Gasteiger partial charge in [-0.05, 0) is 12.1 Å². The number of hydrogen-bond donors (Lipinski definition) is 1. The first kappa shape index (κ1) is 18.8. The van der Waals surface area contributed by atoms with Crippen LogP contribution in [0, 0.1) is 5.92 Å². The molecule has 1 aromatic rings. The van der Waals surface area contributed by atoms with E-state index in [4.69, 9.17) is 4.74 Å². The Kier molecular flexibility index (Phi) is 6.60. The van der Waals surface area contributed by atoms with Gasteiger partial charge in [0.25, 0.3) is 11.7 Å². The van der Waals surface area contributed by atoms with Crippen LogP contribution in [0.2, 0.25) is 0 Å². The van der Waals surface area contributed by atoms with E-state index in [-0.39, 0.29) is 5.69 Å². The van der Waals surface area contributed by atoms with Gasteiger partial charge in [0.05, 0.1) is 21.3 Å². The molecule has 0 spiro atoms. The molecule has 0 saturated carbocycles. The number of rotatable bonds is 7. The van der Waals surface area contributed by atoms with Gasteiger partial charge in [-0.1, -0.05) is 6.07 Å². The van der Waals surface area contributed by atoms with Gasteiger partial charge in [0.1, 0.15) is 5.75 Å². The van der Waals surface area contributed by atoms with Crippen LogP contribution >= 0.6 is 0 Å². The largest absolute Gasteiger partial charge is 0.497 e. The van der Waals surface area contributed by atoms with Crippen molar-refractivity contribution in [1.82, 2.24) is 0 Å². The van der Waals surface area contributed by atoms with Crippen LogP contribution < -0.4 is 10.1 Å². The Morgan fingerprint density at radius 1 is 0.958 bits per heavy atom. The number of Topliss-reactive ketones (excluding diaryl/α,β-unsaturated/α-hetero) is 2. The molecule has 0 heterocycles. The first-order valence-corrected chi connectivity index (χ1v) is 6.55. The Labute approximate surface area is 136 Å². The topological polar surface area (TPSA) is 125 Å². The lowest BCUT2D eigenvalue weighted by Gasteiger charge is -2.11. The fourth-order valence-electron chi connectivity index (χ4n) is 1.69. The standard InChI is InChI=1S/C15H15NO8/c1-22-9-6-4-5-8(7-9)16-13(19)11(17)10(14(20)23-2)12(18)15(21)24-3/h4-7,10H,1-3H3,(H,16,19). The zero-order chi connectivity index (χ0) is 18.3. The van der Waals surface area contributed by atoms with E-state index in [2.05, 4.69) is 14.8 Å². The molecule has 0 radical (unpaired) electrons. The fraction of sp³-hybridized carbons (Fsp3) is 0.267. The molecule has 0 saturated heterocycles. The summed E-state index contributed by atoms with van der Waals surface area (Å²) < 4.78 is 13.4. The Bertz CT molecular complexity index is 682. The number of benzene rings is 1. The lowest BCUT2D eigenvalue weighted by Crippen LogP contribution is -2.42. The normalized spacial score (nSPS) is 11.0. The van der Waals surface area contributed by atoms with E-state index in [0.29, 0.717) is 5.75 Å². The lowest BCUT2D eigenvalue weighted by molar-refractivity contribution is -0.163. The Morgan fingerprint density at radius 2 is 1.62 bits per heavy atom. The molecule has 0 aliphatic heterocycles. The second kappa shape index (κ2) is 8.42. The van der Waals surface area contributed by atoms with Crippen molar-refractivity contribution in [2.45, 2.75) is 0 Å². The molecule has 1 rings (SSSR count). The quantitative estimate of drug-likeness (QED) is 0.410. The number of anilines is 1. The molecule has 128 valence electrons. The van der Waals surface area contributed by atoms with Crippen molar-refractivity contribution < 1.29 is 38.2 Å². The Balaban J connectivity index is 3.00. The third kappa shape index (κ3) is 4.38. The number of carbonyl (C=O) groups excluding carboxylic acids is 5. The molecule has 9 heteroatoms. The molecule has 0 aliphatic rings. The summed E-state index contributed by atoms with van der Waals surface area (Å²) in [4.78, 5) is 58.7. The molecule has 0 aliphatic carbocycles. The molecule has 9 nitrogen and oxygen atoms in total. The predicted molar refractivity (Wildman–Crippen MR) is 79.2 cm³/mol. The minimum absolute atomic E-state index is 0.196. The van der Waals surface area contributed by atoms with Crippen LogP contribution in [-0.2, 0) is 33.4 Å². The molecule has 0 fully saturated rings. The Morgan fingerprint density at radius 3 is 2.17 bits per heavy atom. The molecular weight excluding hydrogens is 322 g/mol. The second-order valence-corrected chi connectivity index (χ2v) is 4.36. The maximum atomic E-state index is 12.1. The lowest BCUT2D eigenvalue weighted by atomic mass is 9.98. The highest BCUT2D eigenvalue weighted by Gasteiger charge is 2.42. The molecular formula is C15H15NO8. The number of carbonyl (C=O) groups is 5. The molecule has 1 amide bonds. The van der Waals surface area contributed by atoms with E-state index >= 15 is 0 Å². The van der Waals surface area contributed by atoms with Crippen LogP contribution in [0.25, 0.3) is 0 Å². The molecule has 1 atom stereocenters. The number of esters is 2. The van der Waals surface area contributed by atoms with Gasteiger partial charge < -0.3 is 19.5 Å². The van der Waals surface area contributed by atoms with Crippen molar-refractivity contribution in [2.24, 2.45) is 5.92 Å². The van der Waals surface area contributed by atoms with Gasteiger partial charge in [-0.3, -0.25) is 19.2 Å². The molecule has 24 heavy (non-hydrogen) atoms. The van der Waals surface area contributed by atoms with Crippen LogP contribution in [0.5, 0.6) is 5.75 Å². The highest BCUT2D eigenvalue weighted by molar-refractivity contribution is 6.54. The number of ketones is 2. The number of amides is 1. The van der Waals surface area contributed by atoms with Crippen molar-refractivity contribution in [2.75, 3.05) is 26.6 Å². The minimum Gasteiger partial charge on any atom is -0.497 e. The van der Waals surface area contributed by atoms with Crippen LogP contribution in [0.4, 0.5) is 5.69 Å². The first-order chi connectivity index (χ1) is 11.3. The third-order valence-electron chi connectivity index (χ3n) is 2.90. The van der Waals surface area contributed by atoms with Gasteiger partial charge >= 0.3 is 11.9 Å². The van der Waals surface area contributed by atoms with Gasteiger partial charge in [-0.25, -0.2) is 4.79 Å². The van der Waals surface area contributed by atoms with E-state index in [1.165, 1.54) is 19.2 Å². The van der Waals surface area contributed by atoms with Crippen molar-refractivity contribution >= 4 is 35.1 Å². The van der Waals surface area contributed by atoms with Gasteiger partial charge in [-0.15, -0.1) is 0 Å². The molecule has 1 aromatic carbocycles. The van der Waals surface area contributed by atoms with E-state index in [0.717, 1.165) is 14.2 Å². The summed E-state index contributed by atoms with van der Waals surface area (Å²) >= 11 is 0. The van der Waals surface area contributed by atoms with E-state index in [9.17, 15) is 24.0 Å². The molecule has 0 bridgehead atoms. The van der Waals surface area contributed by atoms with Crippen LogP contribution in [0.3, 0.4) is 0 Å². The summed E-state index contributed by atoms with van der Waals surface area (Å²) in [5.74, 6) is -8.79. The number of nitrogens with one attached hydrogen (secondary N) is 1. The number of ether oxygens (including phenoxy) is 3. The third-order valence-corrected chi connectivity index (χ3v) is 2.90. The molecule has 0 aromatic heterocycles. The summed E-state index contributed by atoms with van der Waals surface area (Å²) in [7, 11) is 3.22. The Hall–Kier alpha value is -3.23.